The second-order valence-corrected chi connectivity index (χ2v) is 18.6. The van der Waals surface area contributed by atoms with Crippen molar-refractivity contribution in [1.29, 1.82) is 5.26 Å². The summed E-state index contributed by atoms with van der Waals surface area (Å²) in [5, 5.41) is 11.8. The predicted molar refractivity (Wildman–Crippen MR) is 260 cm³/mol. The highest BCUT2D eigenvalue weighted by molar-refractivity contribution is 6.10. The van der Waals surface area contributed by atoms with Gasteiger partial charge in [0.2, 0.25) is 0 Å². The summed E-state index contributed by atoms with van der Waals surface area (Å²) in [6.07, 6.45) is 1.91. The largest absolute Gasteiger partial charge is 0.457 e. The fourth-order valence-corrected chi connectivity index (χ4v) is 8.77. The van der Waals surface area contributed by atoms with Crippen LogP contribution in [-0.2, 0) is 10.8 Å². The number of nitriles is 1. The molecule has 0 bridgehead atoms. The van der Waals surface area contributed by atoms with Gasteiger partial charge in [-0.15, -0.1) is 0 Å². The number of ether oxygens (including phenoxy) is 1. The van der Waals surface area contributed by atoms with Gasteiger partial charge < -0.3 is 14.5 Å². The van der Waals surface area contributed by atoms with Crippen molar-refractivity contribution in [3.05, 3.63) is 193 Å². The molecule has 10 rings (SSSR count). The van der Waals surface area contributed by atoms with Gasteiger partial charge in [0.05, 0.1) is 34.0 Å². The Kier molecular flexibility index (Phi) is 9.64. The van der Waals surface area contributed by atoms with Gasteiger partial charge in [0.1, 0.15) is 24.0 Å². The first-order valence-electron chi connectivity index (χ1n) is 21.6. The molecule has 0 saturated carbocycles. The Labute approximate surface area is 369 Å². The lowest BCUT2D eigenvalue weighted by molar-refractivity contribution is 0.483. The summed E-state index contributed by atoms with van der Waals surface area (Å²) >= 11 is 0. The molecule has 0 fully saturated rings. The number of pyridine rings is 1. The molecule has 0 atom stereocenters. The Hall–Kier alpha value is -7.62. The zero-order valence-electron chi connectivity index (χ0n) is 36.6. The van der Waals surface area contributed by atoms with Crippen molar-refractivity contribution in [3.63, 3.8) is 0 Å². The highest BCUT2D eigenvalue weighted by Crippen LogP contribution is 2.47. The number of benzene rings is 7. The third-order valence-electron chi connectivity index (χ3n) is 12.2. The first-order valence-corrected chi connectivity index (χ1v) is 21.6. The van der Waals surface area contributed by atoms with Crippen molar-refractivity contribution in [2.45, 2.75) is 52.4 Å². The molecule has 2 aromatic heterocycles. The molecule has 308 valence electrons. The third-order valence-corrected chi connectivity index (χ3v) is 12.2. The van der Waals surface area contributed by atoms with E-state index in [1.807, 2.05) is 30.5 Å². The van der Waals surface area contributed by atoms with Crippen LogP contribution in [0.1, 0.15) is 58.2 Å². The second-order valence-electron chi connectivity index (χ2n) is 18.6. The van der Waals surface area contributed by atoms with Crippen molar-refractivity contribution in [2.75, 3.05) is 16.5 Å². The van der Waals surface area contributed by atoms with Gasteiger partial charge in [-0.05, 0) is 129 Å². The maximum Gasteiger partial charge on any atom is 0.137 e. The van der Waals surface area contributed by atoms with Crippen LogP contribution >= 0.6 is 0 Å². The van der Waals surface area contributed by atoms with Crippen molar-refractivity contribution >= 4 is 44.6 Å². The van der Waals surface area contributed by atoms with Gasteiger partial charge in [-0.1, -0.05) is 114 Å². The number of aromatic nitrogens is 2. The molecule has 1 aliphatic heterocycles. The Balaban J connectivity index is 1.03. The maximum absolute atomic E-state index is 9.62. The smallest absolute Gasteiger partial charge is 0.137 e. The number of anilines is 4. The first kappa shape index (κ1) is 39.5. The molecule has 6 nitrogen and oxygen atoms in total. The van der Waals surface area contributed by atoms with E-state index in [4.69, 9.17) is 9.72 Å². The molecule has 0 spiro atoms. The van der Waals surface area contributed by atoms with E-state index >= 15 is 0 Å². The van der Waals surface area contributed by atoms with Crippen LogP contribution in [0.2, 0.25) is 0 Å². The molecule has 0 radical (unpaired) electrons. The highest BCUT2D eigenvalue weighted by atomic mass is 16.5. The quantitative estimate of drug-likeness (QED) is 0.160. The lowest BCUT2D eigenvalue weighted by Crippen LogP contribution is -2.24. The summed E-state index contributed by atoms with van der Waals surface area (Å²) in [5.41, 5.74) is 14.1. The molecular weight excluding hydrogens is 771 g/mol. The van der Waals surface area contributed by atoms with Crippen molar-refractivity contribution in [1.82, 2.24) is 9.55 Å². The van der Waals surface area contributed by atoms with Gasteiger partial charge in [-0.25, -0.2) is 4.98 Å². The summed E-state index contributed by atoms with van der Waals surface area (Å²) < 4.78 is 9.03. The number of fused-ring (bicyclic) bond motifs is 4. The lowest BCUT2D eigenvalue weighted by atomic mass is 9.85. The third kappa shape index (κ3) is 7.46. The van der Waals surface area contributed by atoms with Crippen LogP contribution in [0.15, 0.2) is 176 Å². The van der Waals surface area contributed by atoms with E-state index in [-0.39, 0.29) is 10.8 Å². The molecule has 3 heterocycles. The van der Waals surface area contributed by atoms with Crippen LogP contribution in [-0.4, -0.2) is 16.2 Å². The van der Waals surface area contributed by atoms with Crippen LogP contribution in [0.4, 0.5) is 22.7 Å². The summed E-state index contributed by atoms with van der Waals surface area (Å²) in [4.78, 5) is 9.72. The Morgan fingerprint density at radius 2 is 1.21 bits per heavy atom. The molecule has 9 aromatic rings. The maximum atomic E-state index is 9.62. The SMILES string of the molecule is CC(C)(C)c1cc(-c2ccccc2)cc(N2CN(c3cccc(Oc4ccc5c6cc(-c7cccc(C#N)c7)ccc6n(-c6cc(C(C)(C)C)ccn6)c5c4)c3)c3ccccc32)c1. The number of rotatable bonds is 7. The van der Waals surface area contributed by atoms with Gasteiger partial charge in [-0.3, -0.25) is 4.57 Å². The molecule has 0 N–H and O–H groups in total. The summed E-state index contributed by atoms with van der Waals surface area (Å²) in [6, 6.07) is 61.9. The zero-order chi connectivity index (χ0) is 43.5. The summed E-state index contributed by atoms with van der Waals surface area (Å²) in [5.74, 6) is 2.33. The van der Waals surface area contributed by atoms with Gasteiger partial charge in [0, 0.05) is 40.5 Å². The molecule has 63 heavy (non-hydrogen) atoms. The average Bonchev–Trinajstić information content (AvgIpc) is 3.84. The molecule has 0 aliphatic carbocycles. The fourth-order valence-electron chi connectivity index (χ4n) is 8.77. The van der Waals surface area contributed by atoms with E-state index in [1.54, 1.807) is 0 Å². The van der Waals surface area contributed by atoms with Crippen LogP contribution in [0.25, 0.3) is 49.9 Å². The van der Waals surface area contributed by atoms with Crippen molar-refractivity contribution < 1.29 is 4.74 Å². The molecule has 7 aromatic carbocycles. The minimum Gasteiger partial charge on any atom is -0.457 e. The lowest BCUT2D eigenvalue weighted by Gasteiger charge is -2.26. The van der Waals surface area contributed by atoms with E-state index in [1.165, 1.54) is 22.3 Å². The summed E-state index contributed by atoms with van der Waals surface area (Å²) in [6.45, 7) is 14.2. The van der Waals surface area contributed by atoms with Crippen LogP contribution < -0.4 is 14.5 Å². The van der Waals surface area contributed by atoms with Crippen LogP contribution in [0.5, 0.6) is 11.5 Å². The molecule has 0 saturated heterocycles. The van der Waals surface area contributed by atoms with Crippen molar-refractivity contribution in [3.8, 4) is 45.6 Å². The van der Waals surface area contributed by atoms with Gasteiger partial charge in [0.25, 0.3) is 0 Å². The van der Waals surface area contributed by atoms with E-state index in [9.17, 15) is 5.26 Å². The first-order chi connectivity index (χ1) is 30.4. The van der Waals surface area contributed by atoms with E-state index in [0.717, 1.165) is 73.0 Å². The van der Waals surface area contributed by atoms with Gasteiger partial charge >= 0.3 is 0 Å². The Bertz CT molecular complexity index is 3230. The van der Waals surface area contributed by atoms with Crippen LogP contribution in [0.3, 0.4) is 0 Å². The Morgan fingerprint density at radius 1 is 0.508 bits per heavy atom. The van der Waals surface area contributed by atoms with Gasteiger partial charge in [0.15, 0.2) is 0 Å². The fraction of sp³-hybridized carbons (Fsp3) is 0.158. The number of para-hydroxylation sites is 2. The van der Waals surface area contributed by atoms with E-state index < -0.39 is 0 Å². The normalized spacial score (nSPS) is 12.8. The molecular formula is C57H49N5O. The van der Waals surface area contributed by atoms with Gasteiger partial charge in [-0.2, -0.15) is 5.26 Å². The highest BCUT2D eigenvalue weighted by Gasteiger charge is 2.29. The van der Waals surface area contributed by atoms with E-state index in [0.29, 0.717) is 12.2 Å². The number of hydrogen-bond donors (Lipinski definition) is 0. The predicted octanol–water partition coefficient (Wildman–Crippen LogP) is 15.0. The Morgan fingerprint density at radius 3 is 1.97 bits per heavy atom. The number of nitrogens with zero attached hydrogens (tertiary/aromatic N) is 5. The van der Waals surface area contributed by atoms with Crippen LogP contribution in [0, 0.1) is 11.3 Å². The topological polar surface area (TPSA) is 57.3 Å². The number of hydrogen-bond acceptors (Lipinski definition) is 5. The molecule has 6 heteroatoms. The minimum atomic E-state index is -0.0525. The standard InChI is InChI=1S/C57H49N5O/c1-56(2,3)43-26-27-59-55(33-43)62-51-25-22-41(40-17-12-14-38(28-40)36-58)31-50(51)49-24-23-48(35-54(49)62)63-47-19-13-18-45(34-47)60-37-61(53-21-11-10-20-52(53)60)46-30-42(39-15-8-7-9-16-39)29-44(32-46)57(4,5)6/h7-35H,37H2,1-6H3. The van der Waals surface area contributed by atoms with E-state index in [2.05, 4.69) is 208 Å². The minimum absolute atomic E-state index is 0.0251. The molecule has 1 aliphatic rings. The zero-order valence-corrected chi connectivity index (χ0v) is 36.6. The average molecular weight is 820 g/mol. The van der Waals surface area contributed by atoms with Crippen molar-refractivity contribution in [2.24, 2.45) is 0 Å². The molecule has 0 unspecified atom stereocenters. The summed E-state index contributed by atoms with van der Waals surface area (Å²) in [7, 11) is 0. The monoisotopic (exact) mass is 819 g/mol. The second kappa shape index (κ2) is 15.4. The molecule has 0 amide bonds.